The molecular weight excluding hydrogens is 444 g/mol. The van der Waals surface area contributed by atoms with Crippen LogP contribution in [0.15, 0.2) is 42.5 Å². The van der Waals surface area contributed by atoms with E-state index in [-0.39, 0.29) is 18.6 Å². The van der Waals surface area contributed by atoms with E-state index in [2.05, 4.69) is 26.1 Å². The molecule has 33 heavy (non-hydrogen) atoms. The van der Waals surface area contributed by atoms with Gasteiger partial charge in [-0.15, -0.1) is 0 Å². The van der Waals surface area contributed by atoms with Gasteiger partial charge in [-0.05, 0) is 42.2 Å². The summed E-state index contributed by atoms with van der Waals surface area (Å²) in [6, 6.07) is 11.7. The first-order valence-corrected chi connectivity index (χ1v) is 12.7. The lowest BCUT2D eigenvalue weighted by atomic mass is 9.87. The average molecular weight is 477 g/mol. The Labute approximate surface area is 195 Å². The zero-order valence-electron chi connectivity index (χ0n) is 19.8. The van der Waals surface area contributed by atoms with Gasteiger partial charge in [-0.2, -0.15) is 0 Å². The third kappa shape index (κ3) is 6.31. The topological polar surface area (TPSA) is 94.2 Å². The van der Waals surface area contributed by atoms with Crippen LogP contribution in [-0.4, -0.2) is 53.0 Å². The first-order valence-electron chi connectivity index (χ1n) is 10.9. The van der Waals surface area contributed by atoms with Crippen LogP contribution in [-0.2, 0) is 20.2 Å². The number of nitrogens with one attached hydrogen (secondary N) is 1. The van der Waals surface area contributed by atoms with Crippen LogP contribution in [0.3, 0.4) is 0 Å². The Kier molecular flexibility index (Phi) is 7.41. The number of fused-ring (bicyclic) bond motifs is 1. The van der Waals surface area contributed by atoms with E-state index in [0.29, 0.717) is 36.1 Å². The molecule has 0 unspecified atom stereocenters. The second-order valence-electron chi connectivity index (χ2n) is 8.98. The number of sulfonamides is 1. The maximum Gasteiger partial charge on any atom is 0.243 e. The van der Waals surface area contributed by atoms with Crippen molar-refractivity contribution < 1.29 is 27.4 Å². The van der Waals surface area contributed by atoms with Crippen LogP contribution in [0.25, 0.3) is 0 Å². The van der Waals surface area contributed by atoms with Crippen LogP contribution in [0, 0.1) is 0 Å². The van der Waals surface area contributed by atoms with E-state index in [4.69, 9.17) is 14.2 Å². The minimum atomic E-state index is -3.73. The minimum Gasteiger partial charge on any atom is -0.492 e. The van der Waals surface area contributed by atoms with Crippen molar-refractivity contribution in [1.82, 2.24) is 5.32 Å². The zero-order chi connectivity index (χ0) is 24.2. The fourth-order valence-corrected chi connectivity index (χ4v) is 4.69. The number of hydrogen-bond donors (Lipinski definition) is 1. The molecule has 9 heteroatoms. The Morgan fingerprint density at radius 1 is 1.09 bits per heavy atom. The van der Waals surface area contributed by atoms with Crippen LogP contribution in [0.5, 0.6) is 17.2 Å². The Hall–Kier alpha value is -2.94. The van der Waals surface area contributed by atoms with Crippen LogP contribution < -0.4 is 23.8 Å². The van der Waals surface area contributed by atoms with E-state index in [1.807, 2.05) is 24.3 Å². The normalized spacial score (nSPS) is 14.3. The minimum absolute atomic E-state index is 0.0608. The number of nitrogens with zero attached hydrogens (tertiary/aromatic N) is 1. The lowest BCUT2D eigenvalue weighted by Crippen LogP contribution is -2.48. The van der Waals surface area contributed by atoms with Gasteiger partial charge in [-0.3, -0.25) is 9.10 Å². The second kappa shape index (κ2) is 9.91. The van der Waals surface area contributed by atoms with E-state index in [1.54, 1.807) is 25.1 Å². The molecule has 1 aliphatic heterocycles. The fraction of sp³-hybridized carbons (Fsp3) is 0.458. The SMILES string of the molecule is C[C@H](C(=O)NCCOc1ccc(C(C)(C)C)cc1)N(c1ccc2c(c1)OCCO2)S(C)(=O)=O. The van der Waals surface area contributed by atoms with Crippen molar-refractivity contribution in [1.29, 1.82) is 0 Å². The molecule has 1 heterocycles. The Morgan fingerprint density at radius 2 is 1.73 bits per heavy atom. The molecule has 1 N–H and O–H groups in total. The molecule has 1 atom stereocenters. The molecule has 0 spiro atoms. The fourth-order valence-electron chi connectivity index (χ4n) is 3.52. The zero-order valence-corrected chi connectivity index (χ0v) is 20.6. The highest BCUT2D eigenvalue weighted by molar-refractivity contribution is 7.92. The number of rotatable bonds is 8. The van der Waals surface area contributed by atoms with Gasteiger partial charge < -0.3 is 19.5 Å². The number of ether oxygens (including phenoxy) is 3. The summed E-state index contributed by atoms with van der Waals surface area (Å²) < 4.78 is 42.8. The molecule has 0 saturated carbocycles. The number of anilines is 1. The van der Waals surface area contributed by atoms with E-state index >= 15 is 0 Å². The van der Waals surface area contributed by atoms with Crippen LogP contribution in [0.4, 0.5) is 5.69 Å². The van der Waals surface area contributed by atoms with Gasteiger partial charge in [-0.1, -0.05) is 32.9 Å². The molecule has 180 valence electrons. The third-order valence-electron chi connectivity index (χ3n) is 5.26. The molecule has 0 aromatic heterocycles. The summed E-state index contributed by atoms with van der Waals surface area (Å²) in [6.07, 6.45) is 1.07. The highest BCUT2D eigenvalue weighted by atomic mass is 32.2. The maximum absolute atomic E-state index is 12.7. The predicted molar refractivity (Wildman–Crippen MR) is 128 cm³/mol. The van der Waals surface area contributed by atoms with Gasteiger partial charge >= 0.3 is 0 Å². The third-order valence-corrected chi connectivity index (χ3v) is 6.50. The van der Waals surface area contributed by atoms with E-state index in [1.165, 1.54) is 5.56 Å². The van der Waals surface area contributed by atoms with E-state index in [9.17, 15) is 13.2 Å². The summed E-state index contributed by atoms with van der Waals surface area (Å²) in [5, 5.41) is 2.75. The molecule has 2 aromatic rings. The van der Waals surface area contributed by atoms with Crippen molar-refractivity contribution in [2.24, 2.45) is 0 Å². The summed E-state index contributed by atoms with van der Waals surface area (Å²) in [5.74, 6) is 1.27. The Bertz CT molecular complexity index is 1080. The second-order valence-corrected chi connectivity index (χ2v) is 10.8. The molecule has 0 bridgehead atoms. The Morgan fingerprint density at radius 3 is 2.33 bits per heavy atom. The summed E-state index contributed by atoms with van der Waals surface area (Å²) in [6.45, 7) is 9.28. The monoisotopic (exact) mass is 476 g/mol. The van der Waals surface area contributed by atoms with Gasteiger partial charge in [0.25, 0.3) is 0 Å². The van der Waals surface area contributed by atoms with Gasteiger partial charge in [-0.25, -0.2) is 8.42 Å². The summed E-state index contributed by atoms with van der Waals surface area (Å²) in [7, 11) is -3.73. The molecule has 0 radical (unpaired) electrons. The lowest BCUT2D eigenvalue weighted by Gasteiger charge is -2.29. The van der Waals surface area contributed by atoms with Crippen molar-refractivity contribution in [2.45, 2.75) is 39.2 Å². The molecule has 1 aliphatic rings. The molecule has 3 rings (SSSR count). The smallest absolute Gasteiger partial charge is 0.243 e. The first-order chi connectivity index (χ1) is 15.5. The predicted octanol–water partition coefficient (Wildman–Crippen LogP) is 3.11. The number of hydrogen-bond acceptors (Lipinski definition) is 6. The molecule has 1 amide bonds. The molecule has 0 saturated heterocycles. The average Bonchev–Trinajstić information content (AvgIpc) is 2.75. The summed E-state index contributed by atoms with van der Waals surface area (Å²) >= 11 is 0. The van der Waals surface area contributed by atoms with Crippen LogP contribution in [0.1, 0.15) is 33.3 Å². The molecule has 2 aromatic carbocycles. The summed E-state index contributed by atoms with van der Waals surface area (Å²) in [5.41, 5.74) is 1.60. The first kappa shape index (κ1) is 24.7. The van der Waals surface area contributed by atoms with Crippen molar-refractivity contribution in [3.8, 4) is 17.2 Å². The van der Waals surface area contributed by atoms with Gasteiger partial charge in [0.05, 0.1) is 18.5 Å². The standard InChI is InChI=1S/C24H32N2O6S/c1-17(23(27)25-12-13-30-20-9-6-18(7-10-20)24(2,3)4)26(33(5,28)29)19-8-11-21-22(16-19)32-15-14-31-21/h6-11,16-17H,12-15H2,1-5H3,(H,25,27)/t17-/m1/s1. The molecule has 8 nitrogen and oxygen atoms in total. The maximum atomic E-state index is 12.7. The highest BCUT2D eigenvalue weighted by Gasteiger charge is 2.30. The van der Waals surface area contributed by atoms with Crippen LogP contribution >= 0.6 is 0 Å². The van der Waals surface area contributed by atoms with Gasteiger partial charge in [0.2, 0.25) is 15.9 Å². The van der Waals surface area contributed by atoms with E-state index < -0.39 is 22.0 Å². The van der Waals surface area contributed by atoms with Crippen molar-refractivity contribution in [3.63, 3.8) is 0 Å². The van der Waals surface area contributed by atoms with E-state index in [0.717, 1.165) is 10.6 Å². The van der Waals surface area contributed by atoms with Crippen molar-refractivity contribution in [3.05, 3.63) is 48.0 Å². The van der Waals surface area contributed by atoms with Gasteiger partial charge in [0, 0.05) is 6.07 Å². The number of benzene rings is 2. The molecule has 0 aliphatic carbocycles. The summed E-state index contributed by atoms with van der Waals surface area (Å²) in [4.78, 5) is 12.7. The quantitative estimate of drug-likeness (QED) is 0.589. The molecular formula is C24H32N2O6S. The van der Waals surface area contributed by atoms with Crippen LogP contribution in [0.2, 0.25) is 0 Å². The number of carbonyl (C=O) groups excluding carboxylic acids is 1. The largest absolute Gasteiger partial charge is 0.492 e. The Balaban J connectivity index is 1.60. The lowest BCUT2D eigenvalue weighted by molar-refractivity contribution is -0.121. The van der Waals surface area contributed by atoms with Crippen molar-refractivity contribution in [2.75, 3.05) is 36.9 Å². The van der Waals surface area contributed by atoms with Gasteiger partial charge in [0.15, 0.2) is 11.5 Å². The van der Waals surface area contributed by atoms with Crippen molar-refractivity contribution >= 4 is 21.6 Å². The number of amides is 1. The number of carbonyl (C=O) groups is 1. The highest BCUT2D eigenvalue weighted by Crippen LogP contribution is 2.35. The molecule has 0 fully saturated rings. The van der Waals surface area contributed by atoms with Gasteiger partial charge in [0.1, 0.15) is 31.6 Å².